The second kappa shape index (κ2) is 5.76. The van der Waals surface area contributed by atoms with Crippen molar-refractivity contribution in [1.82, 2.24) is 4.90 Å². The summed E-state index contributed by atoms with van der Waals surface area (Å²) in [5.74, 6) is -1.03. The average molecular weight is 254 g/mol. The van der Waals surface area contributed by atoms with Crippen LogP contribution in [0, 0.1) is 11.6 Å². The summed E-state index contributed by atoms with van der Waals surface area (Å²) in [5.41, 5.74) is 6.70. The zero-order chi connectivity index (χ0) is 13.1. The molecule has 2 atom stereocenters. The Morgan fingerprint density at radius 1 is 1.33 bits per heavy atom. The van der Waals surface area contributed by atoms with Crippen LogP contribution in [-0.4, -0.2) is 24.0 Å². The molecule has 0 bridgehead atoms. The van der Waals surface area contributed by atoms with Gasteiger partial charge >= 0.3 is 0 Å². The van der Waals surface area contributed by atoms with Gasteiger partial charge in [-0.3, -0.25) is 4.90 Å². The summed E-state index contributed by atoms with van der Waals surface area (Å²) in [6, 6.07) is 3.55. The number of nitrogens with zero attached hydrogens (tertiary/aromatic N) is 1. The van der Waals surface area contributed by atoms with Crippen LogP contribution in [0.5, 0.6) is 0 Å². The van der Waals surface area contributed by atoms with E-state index >= 15 is 0 Å². The second-order valence-electron chi connectivity index (χ2n) is 4.90. The number of hydrogen-bond acceptors (Lipinski definition) is 2. The highest BCUT2D eigenvalue weighted by molar-refractivity contribution is 5.24. The van der Waals surface area contributed by atoms with Crippen LogP contribution in [-0.2, 0) is 0 Å². The summed E-state index contributed by atoms with van der Waals surface area (Å²) >= 11 is 0. The lowest BCUT2D eigenvalue weighted by Gasteiger charge is -2.33. The lowest BCUT2D eigenvalue weighted by Crippen LogP contribution is -2.40. The molecular formula is C14H20F2N2. The third-order valence-corrected chi connectivity index (χ3v) is 3.72. The molecule has 0 spiro atoms. The first-order valence-corrected chi connectivity index (χ1v) is 6.58. The summed E-state index contributed by atoms with van der Waals surface area (Å²) in [4.78, 5) is 2.19. The first-order valence-electron chi connectivity index (χ1n) is 6.58. The Hall–Kier alpha value is -1.00. The molecule has 2 unspecified atom stereocenters. The molecule has 4 heteroatoms. The maximum Gasteiger partial charge on any atom is 0.130 e. The molecular weight excluding hydrogens is 234 g/mol. The Labute approximate surface area is 107 Å². The maximum atomic E-state index is 13.9. The molecule has 1 aromatic rings. The molecule has 1 saturated heterocycles. The van der Waals surface area contributed by atoms with Crippen molar-refractivity contribution >= 4 is 0 Å². The Morgan fingerprint density at radius 2 is 2.11 bits per heavy atom. The molecule has 2 rings (SSSR count). The van der Waals surface area contributed by atoms with Gasteiger partial charge in [-0.05, 0) is 32.0 Å². The Kier molecular flexibility index (Phi) is 4.30. The number of halogens is 2. The summed E-state index contributed by atoms with van der Waals surface area (Å²) in [6.45, 7) is 3.80. The van der Waals surface area contributed by atoms with E-state index in [9.17, 15) is 8.78 Å². The number of rotatable bonds is 2. The van der Waals surface area contributed by atoms with Crippen LogP contribution in [0.1, 0.15) is 37.8 Å². The normalized spacial score (nSPS) is 26.0. The highest BCUT2D eigenvalue weighted by atomic mass is 19.1. The zero-order valence-corrected chi connectivity index (χ0v) is 10.7. The fourth-order valence-electron chi connectivity index (χ4n) is 2.79. The van der Waals surface area contributed by atoms with Gasteiger partial charge in [0.05, 0.1) is 6.04 Å². The number of likely N-dealkylation sites (tertiary alicyclic amines) is 1. The van der Waals surface area contributed by atoms with Gasteiger partial charge < -0.3 is 5.73 Å². The van der Waals surface area contributed by atoms with Crippen molar-refractivity contribution < 1.29 is 8.78 Å². The first-order chi connectivity index (χ1) is 8.63. The molecule has 0 aromatic heterocycles. The lowest BCUT2D eigenvalue weighted by molar-refractivity contribution is 0.191. The molecule has 1 heterocycles. The van der Waals surface area contributed by atoms with Crippen molar-refractivity contribution in [2.45, 2.75) is 38.3 Å². The minimum absolute atomic E-state index is 0.0904. The summed E-state index contributed by atoms with van der Waals surface area (Å²) < 4.78 is 26.9. The van der Waals surface area contributed by atoms with E-state index in [0.717, 1.165) is 38.4 Å². The predicted octanol–water partition coefficient (Wildman–Crippen LogP) is 2.84. The van der Waals surface area contributed by atoms with Gasteiger partial charge in [0.25, 0.3) is 0 Å². The van der Waals surface area contributed by atoms with Gasteiger partial charge in [0.2, 0.25) is 0 Å². The molecule has 1 aromatic carbocycles. The van der Waals surface area contributed by atoms with Crippen LogP contribution in [0.15, 0.2) is 18.2 Å². The molecule has 1 fully saturated rings. The van der Waals surface area contributed by atoms with E-state index < -0.39 is 11.6 Å². The third kappa shape index (κ3) is 2.70. The molecule has 18 heavy (non-hydrogen) atoms. The van der Waals surface area contributed by atoms with Gasteiger partial charge in [0, 0.05) is 17.7 Å². The van der Waals surface area contributed by atoms with Gasteiger partial charge in [-0.25, -0.2) is 8.78 Å². The fourth-order valence-corrected chi connectivity index (χ4v) is 2.79. The van der Waals surface area contributed by atoms with Crippen molar-refractivity contribution in [1.29, 1.82) is 0 Å². The van der Waals surface area contributed by atoms with Crippen molar-refractivity contribution in [3.05, 3.63) is 35.4 Å². The van der Waals surface area contributed by atoms with Crippen LogP contribution < -0.4 is 5.73 Å². The van der Waals surface area contributed by atoms with Gasteiger partial charge in [-0.15, -0.1) is 0 Å². The van der Waals surface area contributed by atoms with Crippen molar-refractivity contribution in [3.63, 3.8) is 0 Å². The molecule has 0 aliphatic carbocycles. The standard InChI is InChI=1S/C14H20F2N2/c1-2-18-8-4-3-5-13(17)14(18)11-7-6-10(15)9-12(11)16/h6-7,9,13-14H,2-5,8,17H2,1H3. The van der Waals surface area contributed by atoms with E-state index in [1.807, 2.05) is 6.92 Å². The minimum Gasteiger partial charge on any atom is -0.326 e. The van der Waals surface area contributed by atoms with Crippen molar-refractivity contribution in [2.75, 3.05) is 13.1 Å². The van der Waals surface area contributed by atoms with Crippen LogP contribution in [0.25, 0.3) is 0 Å². The van der Waals surface area contributed by atoms with Crippen LogP contribution in [0.4, 0.5) is 8.78 Å². The van der Waals surface area contributed by atoms with Gasteiger partial charge in [0.15, 0.2) is 0 Å². The van der Waals surface area contributed by atoms with E-state index in [-0.39, 0.29) is 12.1 Å². The van der Waals surface area contributed by atoms with Crippen LogP contribution in [0.2, 0.25) is 0 Å². The number of hydrogen-bond donors (Lipinski definition) is 1. The third-order valence-electron chi connectivity index (χ3n) is 3.72. The maximum absolute atomic E-state index is 13.9. The van der Waals surface area contributed by atoms with Gasteiger partial charge in [-0.1, -0.05) is 19.4 Å². The Bertz CT molecular complexity index is 409. The predicted molar refractivity (Wildman–Crippen MR) is 68.2 cm³/mol. The molecule has 1 aliphatic heterocycles. The summed E-state index contributed by atoms with van der Waals surface area (Å²) in [6.07, 6.45) is 3.04. The average Bonchev–Trinajstić information content (AvgIpc) is 2.51. The highest BCUT2D eigenvalue weighted by Crippen LogP contribution is 2.31. The van der Waals surface area contributed by atoms with Crippen LogP contribution >= 0.6 is 0 Å². The summed E-state index contributed by atoms with van der Waals surface area (Å²) in [7, 11) is 0. The topological polar surface area (TPSA) is 29.3 Å². The second-order valence-corrected chi connectivity index (χ2v) is 4.90. The smallest absolute Gasteiger partial charge is 0.130 e. The van der Waals surface area contributed by atoms with E-state index in [1.54, 1.807) is 0 Å². The van der Waals surface area contributed by atoms with Crippen molar-refractivity contribution in [2.24, 2.45) is 5.73 Å². The number of benzene rings is 1. The number of likely N-dealkylation sites (N-methyl/N-ethyl adjacent to an activating group) is 1. The SMILES string of the molecule is CCN1CCCCC(N)C1c1ccc(F)cc1F. The van der Waals surface area contributed by atoms with Crippen LogP contribution in [0.3, 0.4) is 0 Å². The van der Waals surface area contributed by atoms with E-state index in [2.05, 4.69) is 4.90 Å². The molecule has 2 nitrogen and oxygen atoms in total. The number of nitrogens with two attached hydrogens (primary N) is 1. The van der Waals surface area contributed by atoms with E-state index in [0.29, 0.717) is 5.56 Å². The van der Waals surface area contributed by atoms with Crippen molar-refractivity contribution in [3.8, 4) is 0 Å². The van der Waals surface area contributed by atoms with Gasteiger partial charge in [-0.2, -0.15) is 0 Å². The monoisotopic (exact) mass is 254 g/mol. The molecule has 0 saturated carbocycles. The largest absolute Gasteiger partial charge is 0.326 e. The Balaban J connectivity index is 2.36. The quantitative estimate of drug-likeness (QED) is 0.879. The fraction of sp³-hybridized carbons (Fsp3) is 0.571. The highest BCUT2D eigenvalue weighted by Gasteiger charge is 2.29. The minimum atomic E-state index is -0.540. The lowest BCUT2D eigenvalue weighted by atomic mass is 9.96. The summed E-state index contributed by atoms with van der Waals surface area (Å²) in [5, 5.41) is 0. The van der Waals surface area contributed by atoms with Gasteiger partial charge in [0.1, 0.15) is 11.6 Å². The Morgan fingerprint density at radius 3 is 2.78 bits per heavy atom. The molecule has 2 N–H and O–H groups in total. The van der Waals surface area contributed by atoms with E-state index in [4.69, 9.17) is 5.73 Å². The zero-order valence-electron chi connectivity index (χ0n) is 10.7. The molecule has 100 valence electrons. The van der Waals surface area contributed by atoms with E-state index in [1.165, 1.54) is 12.1 Å². The first kappa shape index (κ1) is 13.4. The molecule has 0 radical (unpaired) electrons. The molecule has 1 aliphatic rings. The molecule has 0 amide bonds.